The lowest BCUT2D eigenvalue weighted by Crippen LogP contribution is -2.48. The van der Waals surface area contributed by atoms with Crippen molar-refractivity contribution in [3.63, 3.8) is 0 Å². The number of hydrogen-bond acceptors (Lipinski definition) is 5. The molecule has 0 aliphatic carbocycles. The molecule has 1 saturated heterocycles. The average Bonchev–Trinajstić information content (AvgIpc) is 2.89. The van der Waals surface area contributed by atoms with E-state index < -0.39 is 6.09 Å². The van der Waals surface area contributed by atoms with Crippen molar-refractivity contribution >= 4 is 23.5 Å². The van der Waals surface area contributed by atoms with Crippen LogP contribution in [-0.2, 0) is 0 Å². The van der Waals surface area contributed by atoms with Crippen LogP contribution < -0.4 is 4.90 Å². The van der Waals surface area contributed by atoms with Gasteiger partial charge >= 0.3 is 6.09 Å². The minimum absolute atomic E-state index is 0.359. The highest BCUT2D eigenvalue weighted by Crippen LogP contribution is 2.23. The van der Waals surface area contributed by atoms with Crippen molar-refractivity contribution in [2.24, 2.45) is 0 Å². The smallest absolute Gasteiger partial charge is 0.407 e. The maximum atomic E-state index is 10.9. The van der Waals surface area contributed by atoms with Crippen molar-refractivity contribution in [2.75, 3.05) is 31.1 Å². The Labute approximate surface area is 131 Å². The fourth-order valence-electron chi connectivity index (χ4n) is 2.49. The Morgan fingerprint density at radius 3 is 2.68 bits per heavy atom. The Morgan fingerprint density at radius 1 is 1.32 bits per heavy atom. The Balaban J connectivity index is 1.83. The molecule has 1 fully saturated rings. The number of carbonyl (C=O) groups is 1. The van der Waals surface area contributed by atoms with Crippen LogP contribution in [-0.4, -0.2) is 62.3 Å². The van der Waals surface area contributed by atoms with Crippen LogP contribution in [0, 0.1) is 6.92 Å². The van der Waals surface area contributed by atoms with Crippen molar-refractivity contribution < 1.29 is 9.90 Å². The van der Waals surface area contributed by atoms with Crippen LogP contribution in [0.4, 0.5) is 10.6 Å². The van der Waals surface area contributed by atoms with Crippen molar-refractivity contribution in [2.45, 2.75) is 6.92 Å². The molecule has 0 aromatic carbocycles. The third-order valence-electron chi connectivity index (χ3n) is 3.69. The fourth-order valence-corrected chi connectivity index (χ4v) is 2.69. The first-order chi connectivity index (χ1) is 10.6. The van der Waals surface area contributed by atoms with E-state index in [-0.39, 0.29) is 0 Å². The number of pyridine rings is 1. The molecule has 3 rings (SSSR count). The van der Waals surface area contributed by atoms with Gasteiger partial charge in [0.1, 0.15) is 5.69 Å². The standard InChI is InChI=1S/C13H15ClN6O2/c1-9-12(18-5-7-19(8-6-18)13(21)22)16-17-20(9)10-3-2-4-15-11(10)14/h2-4H,5-8H2,1H3,(H,21,22). The van der Waals surface area contributed by atoms with E-state index in [4.69, 9.17) is 16.7 Å². The van der Waals surface area contributed by atoms with E-state index in [1.807, 2.05) is 17.9 Å². The van der Waals surface area contributed by atoms with Crippen LogP contribution in [0.2, 0.25) is 5.15 Å². The summed E-state index contributed by atoms with van der Waals surface area (Å²) in [5.74, 6) is 0.741. The third kappa shape index (κ3) is 2.57. The SMILES string of the molecule is Cc1c(N2CCN(C(=O)O)CC2)nnn1-c1cccnc1Cl. The molecule has 0 atom stereocenters. The first kappa shape index (κ1) is 14.6. The molecule has 1 N–H and O–H groups in total. The number of carboxylic acid groups (broad SMARTS) is 1. The monoisotopic (exact) mass is 322 g/mol. The van der Waals surface area contributed by atoms with Crippen LogP contribution in [0.3, 0.4) is 0 Å². The first-order valence-electron chi connectivity index (χ1n) is 6.84. The van der Waals surface area contributed by atoms with Gasteiger partial charge in [0.05, 0.1) is 5.69 Å². The first-order valence-corrected chi connectivity index (χ1v) is 7.21. The van der Waals surface area contributed by atoms with Crippen molar-refractivity contribution in [1.29, 1.82) is 0 Å². The lowest BCUT2D eigenvalue weighted by molar-refractivity contribution is 0.142. The van der Waals surface area contributed by atoms with E-state index in [0.717, 1.165) is 11.5 Å². The number of halogens is 1. The summed E-state index contributed by atoms with van der Waals surface area (Å²) < 4.78 is 1.65. The van der Waals surface area contributed by atoms with E-state index in [0.29, 0.717) is 37.0 Å². The highest BCUT2D eigenvalue weighted by molar-refractivity contribution is 6.31. The quantitative estimate of drug-likeness (QED) is 0.841. The molecular weight excluding hydrogens is 308 g/mol. The molecule has 3 heterocycles. The van der Waals surface area contributed by atoms with Crippen molar-refractivity contribution in [3.8, 4) is 5.69 Å². The summed E-state index contributed by atoms with van der Waals surface area (Å²) in [5.41, 5.74) is 1.52. The van der Waals surface area contributed by atoms with Crippen LogP contribution >= 0.6 is 11.6 Å². The molecule has 9 heteroatoms. The van der Waals surface area contributed by atoms with Crippen LogP contribution in [0.5, 0.6) is 0 Å². The van der Waals surface area contributed by atoms with Gasteiger partial charge in [-0.05, 0) is 19.1 Å². The molecule has 0 spiro atoms. The van der Waals surface area contributed by atoms with Gasteiger partial charge in [-0.3, -0.25) is 0 Å². The maximum absolute atomic E-state index is 10.9. The predicted octanol–water partition coefficient (Wildman–Crippen LogP) is 1.42. The largest absolute Gasteiger partial charge is 0.465 e. The zero-order chi connectivity index (χ0) is 15.7. The van der Waals surface area contributed by atoms with E-state index in [1.165, 1.54) is 4.90 Å². The van der Waals surface area contributed by atoms with Gasteiger partial charge < -0.3 is 14.9 Å². The highest BCUT2D eigenvalue weighted by atomic mass is 35.5. The molecule has 8 nitrogen and oxygen atoms in total. The lowest BCUT2D eigenvalue weighted by Gasteiger charge is -2.33. The van der Waals surface area contributed by atoms with Gasteiger partial charge in [-0.15, -0.1) is 5.10 Å². The summed E-state index contributed by atoms with van der Waals surface area (Å²) in [5, 5.41) is 17.7. The van der Waals surface area contributed by atoms with Gasteiger partial charge in [0.2, 0.25) is 0 Å². The summed E-state index contributed by atoms with van der Waals surface area (Å²) in [4.78, 5) is 18.4. The Hall–Kier alpha value is -2.35. The molecule has 0 saturated carbocycles. The topological polar surface area (TPSA) is 87.4 Å². The zero-order valence-electron chi connectivity index (χ0n) is 12.0. The molecule has 0 radical (unpaired) electrons. The van der Waals surface area contributed by atoms with Crippen LogP contribution in [0.1, 0.15) is 5.69 Å². The fraction of sp³-hybridized carbons (Fsp3) is 0.385. The molecule has 1 aliphatic heterocycles. The predicted molar refractivity (Wildman–Crippen MR) is 80.7 cm³/mol. The van der Waals surface area contributed by atoms with Gasteiger partial charge in [0, 0.05) is 32.4 Å². The maximum Gasteiger partial charge on any atom is 0.407 e. The van der Waals surface area contributed by atoms with Crippen LogP contribution in [0.25, 0.3) is 5.69 Å². The summed E-state index contributed by atoms with van der Waals surface area (Å²) in [6.45, 7) is 3.99. The molecule has 0 bridgehead atoms. The summed E-state index contributed by atoms with van der Waals surface area (Å²) in [6, 6.07) is 3.61. The second kappa shape index (κ2) is 5.80. The minimum Gasteiger partial charge on any atom is -0.465 e. The molecule has 2 aromatic heterocycles. The van der Waals surface area contributed by atoms with Gasteiger partial charge in [-0.2, -0.15) is 0 Å². The molecule has 22 heavy (non-hydrogen) atoms. The number of nitrogens with zero attached hydrogens (tertiary/aromatic N) is 6. The Bertz CT molecular complexity index is 696. The second-order valence-corrected chi connectivity index (χ2v) is 5.34. The number of aromatic nitrogens is 4. The molecular formula is C13H15ClN6O2. The lowest BCUT2D eigenvalue weighted by atomic mass is 10.3. The van der Waals surface area contributed by atoms with Crippen molar-refractivity contribution in [3.05, 3.63) is 29.2 Å². The number of hydrogen-bond donors (Lipinski definition) is 1. The molecule has 1 amide bonds. The van der Waals surface area contributed by atoms with E-state index >= 15 is 0 Å². The normalized spacial score (nSPS) is 15.2. The van der Waals surface area contributed by atoms with E-state index in [1.54, 1.807) is 16.9 Å². The Morgan fingerprint density at radius 2 is 2.05 bits per heavy atom. The van der Waals surface area contributed by atoms with E-state index in [2.05, 4.69) is 15.3 Å². The van der Waals surface area contributed by atoms with Gasteiger partial charge in [0.25, 0.3) is 0 Å². The molecule has 1 aliphatic rings. The Kier molecular flexibility index (Phi) is 3.84. The van der Waals surface area contributed by atoms with Gasteiger partial charge in [0.15, 0.2) is 11.0 Å². The average molecular weight is 323 g/mol. The zero-order valence-corrected chi connectivity index (χ0v) is 12.7. The molecule has 2 aromatic rings. The number of rotatable bonds is 2. The van der Waals surface area contributed by atoms with Crippen LogP contribution in [0.15, 0.2) is 18.3 Å². The second-order valence-electron chi connectivity index (χ2n) is 4.98. The number of piperazine rings is 1. The minimum atomic E-state index is -0.887. The van der Waals surface area contributed by atoms with Crippen molar-refractivity contribution in [1.82, 2.24) is 24.9 Å². The number of amides is 1. The summed E-state index contributed by atoms with van der Waals surface area (Å²) in [7, 11) is 0. The number of anilines is 1. The third-order valence-corrected chi connectivity index (χ3v) is 3.98. The van der Waals surface area contributed by atoms with Gasteiger partial charge in [-0.25, -0.2) is 14.5 Å². The summed E-state index contributed by atoms with van der Waals surface area (Å²) in [6.07, 6.45) is 0.728. The molecule has 116 valence electrons. The molecule has 0 unspecified atom stereocenters. The van der Waals surface area contributed by atoms with E-state index in [9.17, 15) is 4.79 Å². The van der Waals surface area contributed by atoms with Gasteiger partial charge in [-0.1, -0.05) is 16.8 Å². The highest BCUT2D eigenvalue weighted by Gasteiger charge is 2.24. The summed E-state index contributed by atoms with van der Waals surface area (Å²) >= 11 is 6.09.